The van der Waals surface area contributed by atoms with Crippen LogP contribution in [0.15, 0.2) is 24.4 Å². The Morgan fingerprint density at radius 3 is 2.83 bits per heavy atom. The molecule has 2 aromatic rings. The van der Waals surface area contributed by atoms with Gasteiger partial charge in [-0.3, -0.25) is 4.79 Å². The topological polar surface area (TPSA) is 83.4 Å². The number of carbonyl (C=O) groups is 2. The number of hydrogen-bond donors (Lipinski definition) is 1. The molecule has 0 bridgehead atoms. The number of fused-ring (bicyclic) bond motifs is 1. The molecule has 6 nitrogen and oxygen atoms in total. The standard InChI is InChI=1S/C15H11Cl2N3O3/c1-7(14(22)23)20-6-9-3-2-8(4-10(9)13(20)21)12-11(16)5-18-15(17)19-12/h2-5,7H,6H2,1H3,(H,22,23). The fraction of sp³-hybridized carbons (Fsp3) is 0.200. The summed E-state index contributed by atoms with van der Waals surface area (Å²) in [5, 5.41) is 9.46. The number of rotatable bonds is 3. The summed E-state index contributed by atoms with van der Waals surface area (Å²) in [6, 6.07) is 4.29. The molecule has 23 heavy (non-hydrogen) atoms. The largest absolute Gasteiger partial charge is 0.480 e. The lowest BCUT2D eigenvalue weighted by molar-refractivity contribution is -0.141. The zero-order valence-corrected chi connectivity index (χ0v) is 13.5. The molecule has 1 amide bonds. The van der Waals surface area contributed by atoms with Crippen molar-refractivity contribution in [2.75, 3.05) is 0 Å². The number of nitrogens with zero attached hydrogens (tertiary/aromatic N) is 3. The molecule has 2 heterocycles. The van der Waals surface area contributed by atoms with Crippen LogP contribution in [0.5, 0.6) is 0 Å². The molecule has 1 aliphatic heterocycles. The average Bonchev–Trinajstić information content (AvgIpc) is 2.85. The van der Waals surface area contributed by atoms with Crippen molar-refractivity contribution in [3.8, 4) is 11.3 Å². The van der Waals surface area contributed by atoms with Crippen molar-refractivity contribution in [3.63, 3.8) is 0 Å². The van der Waals surface area contributed by atoms with Gasteiger partial charge in [-0.2, -0.15) is 0 Å². The molecule has 0 aliphatic carbocycles. The summed E-state index contributed by atoms with van der Waals surface area (Å²) in [5.74, 6) is -1.37. The molecule has 0 radical (unpaired) electrons. The van der Waals surface area contributed by atoms with Crippen molar-refractivity contribution in [2.45, 2.75) is 19.5 Å². The van der Waals surface area contributed by atoms with Gasteiger partial charge in [-0.15, -0.1) is 0 Å². The number of carboxylic acid groups (broad SMARTS) is 1. The summed E-state index contributed by atoms with van der Waals surface area (Å²) in [4.78, 5) is 32.7. The zero-order valence-electron chi connectivity index (χ0n) is 12.0. The summed E-state index contributed by atoms with van der Waals surface area (Å²) < 4.78 is 0. The molecule has 0 fully saturated rings. The predicted molar refractivity (Wildman–Crippen MR) is 84.5 cm³/mol. The van der Waals surface area contributed by atoms with Gasteiger partial charge in [0.25, 0.3) is 5.91 Å². The molecule has 118 valence electrons. The highest BCUT2D eigenvalue weighted by Crippen LogP contribution is 2.32. The molecule has 1 N–H and O–H groups in total. The third-order valence-corrected chi connectivity index (χ3v) is 4.21. The van der Waals surface area contributed by atoms with Crippen LogP contribution in [0.4, 0.5) is 0 Å². The third kappa shape index (κ3) is 2.75. The Morgan fingerprint density at radius 2 is 2.13 bits per heavy atom. The highest BCUT2D eigenvalue weighted by atomic mass is 35.5. The van der Waals surface area contributed by atoms with E-state index >= 15 is 0 Å². The first-order valence-electron chi connectivity index (χ1n) is 6.73. The van der Waals surface area contributed by atoms with Crippen molar-refractivity contribution < 1.29 is 14.7 Å². The predicted octanol–water partition coefficient (Wildman–Crippen LogP) is 2.88. The second kappa shape index (κ2) is 5.79. The fourth-order valence-electron chi connectivity index (χ4n) is 2.46. The van der Waals surface area contributed by atoms with Crippen LogP contribution in [0.3, 0.4) is 0 Å². The van der Waals surface area contributed by atoms with Gasteiger partial charge in [-0.05, 0) is 30.2 Å². The number of aliphatic carboxylic acids is 1. The first-order chi connectivity index (χ1) is 10.9. The molecular formula is C15H11Cl2N3O3. The molecule has 0 saturated heterocycles. The van der Waals surface area contributed by atoms with E-state index in [2.05, 4.69) is 9.97 Å². The molecule has 3 rings (SSSR count). The fourth-order valence-corrected chi connectivity index (χ4v) is 2.80. The Kier molecular flexibility index (Phi) is 3.95. The van der Waals surface area contributed by atoms with Crippen LogP contribution in [0.2, 0.25) is 10.3 Å². The van der Waals surface area contributed by atoms with Crippen molar-refractivity contribution in [1.29, 1.82) is 0 Å². The molecule has 0 saturated carbocycles. The van der Waals surface area contributed by atoms with Gasteiger partial charge in [0.05, 0.1) is 16.9 Å². The highest BCUT2D eigenvalue weighted by molar-refractivity contribution is 6.33. The Labute approximate surface area is 141 Å². The first kappa shape index (κ1) is 15.7. The summed E-state index contributed by atoms with van der Waals surface area (Å²) in [7, 11) is 0. The maximum absolute atomic E-state index is 12.4. The van der Waals surface area contributed by atoms with Crippen molar-refractivity contribution >= 4 is 35.1 Å². The molecule has 1 aromatic carbocycles. The number of amides is 1. The van der Waals surface area contributed by atoms with Gasteiger partial charge in [0.15, 0.2) is 0 Å². The molecule has 8 heteroatoms. The van der Waals surface area contributed by atoms with Crippen molar-refractivity contribution in [3.05, 3.63) is 45.8 Å². The average molecular weight is 352 g/mol. The SMILES string of the molecule is CC(C(=O)O)N1Cc2ccc(-c3nc(Cl)ncc3Cl)cc2C1=O. The van der Waals surface area contributed by atoms with E-state index in [9.17, 15) is 9.59 Å². The van der Waals surface area contributed by atoms with Gasteiger partial charge in [-0.1, -0.05) is 23.7 Å². The van der Waals surface area contributed by atoms with Crippen LogP contribution in [0.1, 0.15) is 22.8 Å². The van der Waals surface area contributed by atoms with Gasteiger partial charge in [-0.25, -0.2) is 14.8 Å². The quantitative estimate of drug-likeness (QED) is 0.859. The monoisotopic (exact) mass is 351 g/mol. The minimum atomic E-state index is -1.04. The van der Waals surface area contributed by atoms with Crippen LogP contribution in [0.25, 0.3) is 11.3 Å². The number of aromatic nitrogens is 2. The second-order valence-corrected chi connectivity index (χ2v) is 5.90. The lowest BCUT2D eigenvalue weighted by Crippen LogP contribution is -2.38. The van der Waals surface area contributed by atoms with Crippen LogP contribution in [0, 0.1) is 0 Å². The summed E-state index contributed by atoms with van der Waals surface area (Å²) in [6.07, 6.45) is 1.39. The highest BCUT2D eigenvalue weighted by Gasteiger charge is 2.34. The lowest BCUT2D eigenvalue weighted by atomic mass is 10.0. The number of halogens is 2. The van der Waals surface area contributed by atoms with E-state index in [1.807, 2.05) is 0 Å². The van der Waals surface area contributed by atoms with Crippen molar-refractivity contribution in [1.82, 2.24) is 14.9 Å². The van der Waals surface area contributed by atoms with E-state index in [0.717, 1.165) is 5.56 Å². The Hall–Kier alpha value is -2.18. The van der Waals surface area contributed by atoms with Gasteiger partial charge >= 0.3 is 5.97 Å². The number of carbonyl (C=O) groups excluding carboxylic acids is 1. The number of benzene rings is 1. The molecule has 1 unspecified atom stereocenters. The molecular weight excluding hydrogens is 341 g/mol. The number of hydrogen-bond acceptors (Lipinski definition) is 4. The smallest absolute Gasteiger partial charge is 0.326 e. The molecule has 0 spiro atoms. The van der Waals surface area contributed by atoms with E-state index in [0.29, 0.717) is 21.8 Å². The van der Waals surface area contributed by atoms with Gasteiger partial charge in [0, 0.05) is 17.7 Å². The lowest BCUT2D eigenvalue weighted by Gasteiger charge is -2.19. The van der Waals surface area contributed by atoms with Crippen LogP contribution in [-0.4, -0.2) is 37.9 Å². The summed E-state index contributed by atoms with van der Waals surface area (Å²) in [6.45, 7) is 1.74. The zero-order chi connectivity index (χ0) is 16.7. The summed E-state index contributed by atoms with van der Waals surface area (Å²) in [5.41, 5.74) is 2.26. The number of carboxylic acids is 1. The Bertz CT molecular complexity index is 826. The molecule has 1 aromatic heterocycles. The molecule has 1 atom stereocenters. The van der Waals surface area contributed by atoms with Crippen LogP contribution >= 0.6 is 23.2 Å². The maximum Gasteiger partial charge on any atom is 0.326 e. The summed E-state index contributed by atoms with van der Waals surface area (Å²) >= 11 is 11.9. The third-order valence-electron chi connectivity index (χ3n) is 3.75. The van der Waals surface area contributed by atoms with Gasteiger partial charge in [0.1, 0.15) is 6.04 Å². The minimum Gasteiger partial charge on any atom is -0.480 e. The second-order valence-electron chi connectivity index (χ2n) is 5.15. The minimum absolute atomic E-state index is 0.0531. The van der Waals surface area contributed by atoms with Crippen molar-refractivity contribution in [2.24, 2.45) is 0 Å². The molecule has 1 aliphatic rings. The van der Waals surface area contributed by atoms with E-state index in [4.69, 9.17) is 28.3 Å². The van der Waals surface area contributed by atoms with E-state index in [1.165, 1.54) is 18.0 Å². The van der Waals surface area contributed by atoms with Crippen LogP contribution in [-0.2, 0) is 11.3 Å². The van der Waals surface area contributed by atoms with E-state index in [1.54, 1.807) is 18.2 Å². The first-order valence-corrected chi connectivity index (χ1v) is 7.49. The van der Waals surface area contributed by atoms with Gasteiger partial charge < -0.3 is 10.0 Å². The van der Waals surface area contributed by atoms with Crippen LogP contribution < -0.4 is 0 Å². The van der Waals surface area contributed by atoms with E-state index in [-0.39, 0.29) is 17.7 Å². The Balaban J connectivity index is 2.01. The normalized spacial score (nSPS) is 14.7. The Morgan fingerprint density at radius 1 is 1.39 bits per heavy atom. The maximum atomic E-state index is 12.4. The van der Waals surface area contributed by atoms with E-state index < -0.39 is 12.0 Å². The van der Waals surface area contributed by atoms with Gasteiger partial charge in [0.2, 0.25) is 5.28 Å².